The molecule has 1 heterocycles. The lowest BCUT2D eigenvalue weighted by Gasteiger charge is -2.18. The summed E-state index contributed by atoms with van der Waals surface area (Å²) in [6.45, 7) is 4.24. The van der Waals surface area contributed by atoms with Crippen molar-refractivity contribution in [3.8, 4) is 0 Å². The van der Waals surface area contributed by atoms with Crippen LogP contribution in [0.3, 0.4) is 0 Å². The molecule has 126 valence electrons. The van der Waals surface area contributed by atoms with Crippen LogP contribution in [-0.2, 0) is 14.3 Å². The van der Waals surface area contributed by atoms with Crippen LogP contribution in [0.1, 0.15) is 31.4 Å². The number of methoxy groups -OCH3 is 1. The third kappa shape index (κ3) is 5.04. The molecule has 2 N–H and O–H groups in total. The summed E-state index contributed by atoms with van der Waals surface area (Å²) in [5.41, 5.74) is 1.95. The van der Waals surface area contributed by atoms with Crippen molar-refractivity contribution in [2.75, 3.05) is 38.3 Å². The molecule has 2 rings (SSSR count). The summed E-state index contributed by atoms with van der Waals surface area (Å²) in [4.78, 5) is 25.4. The van der Waals surface area contributed by atoms with Gasteiger partial charge >= 0.3 is 0 Å². The van der Waals surface area contributed by atoms with Gasteiger partial charge in [-0.3, -0.25) is 9.59 Å². The second kappa shape index (κ2) is 8.64. The van der Waals surface area contributed by atoms with E-state index in [1.165, 1.54) is 0 Å². The van der Waals surface area contributed by atoms with Gasteiger partial charge in [-0.25, -0.2) is 0 Å². The standard InChI is InChI=1S/C17H25N3O3/c1-13(19-16(21)12-18-9-11-23-2)14-5-7-15(8-6-14)20-10-3-4-17(20)22/h5-8,13,18H,3-4,9-12H2,1-2H3,(H,19,21). The van der Waals surface area contributed by atoms with E-state index in [2.05, 4.69) is 10.6 Å². The van der Waals surface area contributed by atoms with E-state index >= 15 is 0 Å². The van der Waals surface area contributed by atoms with Crippen molar-refractivity contribution in [1.29, 1.82) is 0 Å². The zero-order chi connectivity index (χ0) is 16.7. The molecule has 1 aliphatic heterocycles. The van der Waals surface area contributed by atoms with Crippen molar-refractivity contribution in [1.82, 2.24) is 10.6 Å². The average Bonchev–Trinajstić information content (AvgIpc) is 2.98. The highest BCUT2D eigenvalue weighted by Gasteiger charge is 2.21. The number of ether oxygens (including phenoxy) is 1. The Morgan fingerprint density at radius 1 is 1.35 bits per heavy atom. The molecular formula is C17H25N3O3. The van der Waals surface area contributed by atoms with Gasteiger partial charge < -0.3 is 20.3 Å². The minimum Gasteiger partial charge on any atom is -0.383 e. The number of amides is 2. The molecule has 0 aliphatic carbocycles. The molecule has 1 fully saturated rings. The molecule has 1 saturated heterocycles. The van der Waals surface area contributed by atoms with Crippen LogP contribution in [0.5, 0.6) is 0 Å². The molecule has 1 atom stereocenters. The molecule has 0 bridgehead atoms. The number of hydrogen-bond donors (Lipinski definition) is 2. The van der Waals surface area contributed by atoms with Gasteiger partial charge in [-0.05, 0) is 31.0 Å². The van der Waals surface area contributed by atoms with Crippen LogP contribution in [0.2, 0.25) is 0 Å². The van der Waals surface area contributed by atoms with Crippen LogP contribution in [-0.4, -0.2) is 45.2 Å². The summed E-state index contributed by atoms with van der Waals surface area (Å²) >= 11 is 0. The molecule has 1 aromatic carbocycles. The van der Waals surface area contributed by atoms with Crippen molar-refractivity contribution in [2.45, 2.75) is 25.8 Å². The average molecular weight is 319 g/mol. The Morgan fingerprint density at radius 2 is 2.09 bits per heavy atom. The fourth-order valence-electron chi connectivity index (χ4n) is 2.62. The Labute approximate surface area is 137 Å². The highest BCUT2D eigenvalue weighted by molar-refractivity contribution is 5.95. The van der Waals surface area contributed by atoms with Crippen molar-refractivity contribution in [3.63, 3.8) is 0 Å². The Morgan fingerprint density at radius 3 is 2.70 bits per heavy atom. The van der Waals surface area contributed by atoms with E-state index < -0.39 is 0 Å². The second-order valence-electron chi connectivity index (χ2n) is 5.70. The summed E-state index contributed by atoms with van der Waals surface area (Å²) in [6, 6.07) is 7.74. The third-order valence-electron chi connectivity index (χ3n) is 3.92. The van der Waals surface area contributed by atoms with Crippen LogP contribution in [0, 0.1) is 0 Å². The number of carbonyl (C=O) groups excluding carboxylic acids is 2. The highest BCUT2D eigenvalue weighted by Crippen LogP contribution is 2.23. The largest absolute Gasteiger partial charge is 0.383 e. The monoisotopic (exact) mass is 319 g/mol. The molecule has 6 nitrogen and oxygen atoms in total. The second-order valence-corrected chi connectivity index (χ2v) is 5.70. The van der Waals surface area contributed by atoms with Gasteiger partial charge in [-0.1, -0.05) is 12.1 Å². The van der Waals surface area contributed by atoms with Gasteiger partial charge in [0.05, 0.1) is 19.2 Å². The Balaban J connectivity index is 1.83. The number of benzene rings is 1. The van der Waals surface area contributed by atoms with E-state index in [1.807, 2.05) is 36.1 Å². The normalized spacial score (nSPS) is 15.7. The Bertz CT molecular complexity index is 530. The summed E-state index contributed by atoms with van der Waals surface area (Å²) in [7, 11) is 1.63. The fraction of sp³-hybridized carbons (Fsp3) is 0.529. The minimum absolute atomic E-state index is 0.0487. The van der Waals surface area contributed by atoms with Crippen LogP contribution in [0.15, 0.2) is 24.3 Å². The number of rotatable bonds is 8. The van der Waals surface area contributed by atoms with Gasteiger partial charge in [-0.15, -0.1) is 0 Å². The SMILES string of the molecule is COCCNCC(=O)NC(C)c1ccc(N2CCCC2=O)cc1. The van der Waals surface area contributed by atoms with E-state index in [9.17, 15) is 9.59 Å². The summed E-state index contributed by atoms with van der Waals surface area (Å²) in [5.74, 6) is 0.133. The Hall–Kier alpha value is -1.92. The summed E-state index contributed by atoms with van der Waals surface area (Å²) in [5, 5.41) is 5.96. The van der Waals surface area contributed by atoms with Crippen LogP contribution < -0.4 is 15.5 Å². The third-order valence-corrected chi connectivity index (χ3v) is 3.92. The van der Waals surface area contributed by atoms with Crippen LogP contribution in [0.25, 0.3) is 0 Å². The first-order valence-electron chi connectivity index (χ1n) is 8.01. The number of nitrogens with one attached hydrogen (secondary N) is 2. The first-order valence-corrected chi connectivity index (χ1v) is 8.01. The van der Waals surface area contributed by atoms with E-state index in [1.54, 1.807) is 7.11 Å². The maximum absolute atomic E-state index is 11.8. The minimum atomic E-state index is -0.0740. The maximum atomic E-state index is 11.8. The van der Waals surface area contributed by atoms with E-state index in [4.69, 9.17) is 4.74 Å². The van der Waals surface area contributed by atoms with E-state index in [-0.39, 0.29) is 24.4 Å². The predicted octanol–water partition coefficient (Wildman–Crippen LogP) is 1.23. The lowest BCUT2D eigenvalue weighted by Crippen LogP contribution is -2.36. The van der Waals surface area contributed by atoms with Gasteiger partial charge in [0.1, 0.15) is 0 Å². The molecule has 6 heteroatoms. The summed E-state index contributed by atoms with van der Waals surface area (Å²) < 4.78 is 4.91. The number of anilines is 1. The topological polar surface area (TPSA) is 70.7 Å². The highest BCUT2D eigenvalue weighted by atomic mass is 16.5. The van der Waals surface area contributed by atoms with Gasteiger partial charge in [0.15, 0.2) is 0 Å². The fourth-order valence-corrected chi connectivity index (χ4v) is 2.62. The molecule has 0 radical (unpaired) electrons. The molecule has 0 spiro atoms. The summed E-state index contributed by atoms with van der Waals surface area (Å²) in [6.07, 6.45) is 1.55. The van der Waals surface area contributed by atoms with Gasteiger partial charge in [-0.2, -0.15) is 0 Å². The van der Waals surface area contributed by atoms with Crippen molar-refractivity contribution in [3.05, 3.63) is 29.8 Å². The molecule has 23 heavy (non-hydrogen) atoms. The zero-order valence-electron chi connectivity index (χ0n) is 13.8. The quantitative estimate of drug-likeness (QED) is 0.707. The number of nitrogens with zero attached hydrogens (tertiary/aromatic N) is 1. The lowest BCUT2D eigenvalue weighted by molar-refractivity contribution is -0.121. The van der Waals surface area contributed by atoms with Crippen LogP contribution >= 0.6 is 0 Å². The molecule has 1 aliphatic rings. The van der Waals surface area contributed by atoms with Gasteiger partial charge in [0.2, 0.25) is 11.8 Å². The molecular weight excluding hydrogens is 294 g/mol. The van der Waals surface area contributed by atoms with Gasteiger partial charge in [0, 0.05) is 32.3 Å². The van der Waals surface area contributed by atoms with E-state index in [0.717, 1.165) is 24.2 Å². The number of hydrogen-bond acceptors (Lipinski definition) is 4. The Kier molecular flexibility index (Phi) is 6.55. The smallest absolute Gasteiger partial charge is 0.234 e. The molecule has 1 aromatic rings. The van der Waals surface area contributed by atoms with Crippen molar-refractivity contribution < 1.29 is 14.3 Å². The van der Waals surface area contributed by atoms with Gasteiger partial charge in [0.25, 0.3) is 0 Å². The zero-order valence-corrected chi connectivity index (χ0v) is 13.8. The molecule has 1 unspecified atom stereocenters. The van der Waals surface area contributed by atoms with Crippen molar-refractivity contribution in [2.24, 2.45) is 0 Å². The molecule has 0 saturated carbocycles. The van der Waals surface area contributed by atoms with E-state index in [0.29, 0.717) is 19.6 Å². The first-order chi connectivity index (χ1) is 11.1. The molecule has 2 amide bonds. The lowest BCUT2D eigenvalue weighted by atomic mass is 10.1. The van der Waals surface area contributed by atoms with Crippen LogP contribution in [0.4, 0.5) is 5.69 Å². The maximum Gasteiger partial charge on any atom is 0.234 e. The van der Waals surface area contributed by atoms with Crippen molar-refractivity contribution >= 4 is 17.5 Å². The first kappa shape index (κ1) is 17.4. The molecule has 0 aromatic heterocycles. The number of carbonyl (C=O) groups is 2. The predicted molar refractivity (Wildman–Crippen MR) is 89.3 cm³/mol.